The van der Waals surface area contributed by atoms with E-state index in [1.165, 1.54) is 24.8 Å². The van der Waals surface area contributed by atoms with E-state index in [2.05, 4.69) is 32.8 Å². The molecule has 1 saturated heterocycles. The Kier molecular flexibility index (Phi) is 6.01. The van der Waals surface area contributed by atoms with E-state index in [4.69, 9.17) is 4.52 Å². The monoisotopic (exact) mass is 356 g/mol. The van der Waals surface area contributed by atoms with Crippen molar-refractivity contribution < 1.29 is 14.1 Å². The first-order chi connectivity index (χ1) is 12.6. The van der Waals surface area contributed by atoms with Gasteiger partial charge in [0, 0.05) is 19.2 Å². The summed E-state index contributed by atoms with van der Waals surface area (Å²) in [5.74, 6) is -0.682. The molecule has 0 radical (unpaired) electrons. The van der Waals surface area contributed by atoms with Crippen molar-refractivity contribution in [2.75, 3.05) is 18.4 Å². The summed E-state index contributed by atoms with van der Waals surface area (Å²) in [6.45, 7) is 5.30. The van der Waals surface area contributed by atoms with E-state index in [0.717, 1.165) is 25.2 Å². The molecule has 2 amide bonds. The molecular formula is C19H24N4O3. The molecule has 0 bridgehead atoms. The summed E-state index contributed by atoms with van der Waals surface area (Å²) in [6.07, 6.45) is 3.89. The number of rotatable bonds is 5. The maximum atomic E-state index is 11.9. The molecular weight excluding hydrogens is 332 g/mol. The minimum absolute atomic E-state index is 0.227. The van der Waals surface area contributed by atoms with Crippen molar-refractivity contribution in [1.29, 1.82) is 0 Å². The molecule has 26 heavy (non-hydrogen) atoms. The summed E-state index contributed by atoms with van der Waals surface area (Å²) in [4.78, 5) is 26.1. The third-order valence-corrected chi connectivity index (χ3v) is 4.41. The third-order valence-electron chi connectivity index (χ3n) is 4.41. The van der Waals surface area contributed by atoms with Gasteiger partial charge in [-0.2, -0.15) is 0 Å². The van der Waals surface area contributed by atoms with Crippen molar-refractivity contribution in [2.45, 2.75) is 39.3 Å². The van der Waals surface area contributed by atoms with Crippen LogP contribution < -0.4 is 10.6 Å². The van der Waals surface area contributed by atoms with Gasteiger partial charge in [0.05, 0.1) is 0 Å². The van der Waals surface area contributed by atoms with Gasteiger partial charge in [-0.25, -0.2) is 0 Å². The molecule has 0 spiro atoms. The summed E-state index contributed by atoms with van der Waals surface area (Å²) >= 11 is 0. The predicted octanol–water partition coefficient (Wildman–Crippen LogP) is 2.22. The number of aromatic nitrogens is 1. The average Bonchev–Trinajstić information content (AvgIpc) is 3.06. The lowest BCUT2D eigenvalue weighted by atomic mass is 10.1. The second kappa shape index (κ2) is 8.62. The number of nitrogens with zero attached hydrogens (tertiary/aromatic N) is 2. The number of likely N-dealkylation sites (tertiary alicyclic amines) is 1. The molecule has 1 aliphatic heterocycles. The van der Waals surface area contributed by atoms with Crippen molar-refractivity contribution in [3.8, 4) is 0 Å². The van der Waals surface area contributed by atoms with Crippen molar-refractivity contribution in [1.82, 2.24) is 15.4 Å². The maximum absolute atomic E-state index is 11.9. The van der Waals surface area contributed by atoms with Gasteiger partial charge in [-0.15, -0.1) is 0 Å². The molecule has 0 atom stereocenters. The number of hydrogen-bond donors (Lipinski definition) is 2. The molecule has 0 unspecified atom stereocenters. The van der Waals surface area contributed by atoms with E-state index in [-0.39, 0.29) is 5.82 Å². The SMILES string of the molecule is Cc1cc(NC(=O)C(=O)NCc2ccc(CN3CCCCC3)cc2)no1. The first-order valence-corrected chi connectivity index (χ1v) is 8.93. The molecule has 7 nitrogen and oxygen atoms in total. The largest absolute Gasteiger partial charge is 0.360 e. The molecule has 1 aromatic carbocycles. The van der Waals surface area contributed by atoms with Crippen LogP contribution >= 0.6 is 0 Å². The highest BCUT2D eigenvalue weighted by molar-refractivity contribution is 6.39. The van der Waals surface area contributed by atoms with Gasteiger partial charge < -0.3 is 9.84 Å². The van der Waals surface area contributed by atoms with E-state index in [0.29, 0.717) is 12.3 Å². The normalized spacial score (nSPS) is 14.8. The Morgan fingerprint density at radius 3 is 2.42 bits per heavy atom. The summed E-state index contributed by atoms with van der Waals surface area (Å²) in [5.41, 5.74) is 2.21. The highest BCUT2D eigenvalue weighted by Crippen LogP contribution is 2.13. The average molecular weight is 356 g/mol. The van der Waals surface area contributed by atoms with Gasteiger partial charge in [0.25, 0.3) is 0 Å². The first-order valence-electron chi connectivity index (χ1n) is 8.93. The molecule has 1 aliphatic rings. The van der Waals surface area contributed by atoms with Crippen molar-refractivity contribution in [2.24, 2.45) is 0 Å². The van der Waals surface area contributed by atoms with Crippen LogP contribution in [0, 0.1) is 6.92 Å². The molecule has 1 aromatic heterocycles. The van der Waals surface area contributed by atoms with Crippen LogP contribution in [-0.2, 0) is 22.7 Å². The van der Waals surface area contributed by atoms with E-state index < -0.39 is 11.8 Å². The second-order valence-electron chi connectivity index (χ2n) is 6.61. The molecule has 3 rings (SSSR count). The van der Waals surface area contributed by atoms with E-state index in [1.54, 1.807) is 13.0 Å². The fraction of sp³-hybridized carbons (Fsp3) is 0.421. The van der Waals surface area contributed by atoms with Gasteiger partial charge >= 0.3 is 11.8 Å². The van der Waals surface area contributed by atoms with Crippen LogP contribution in [0.2, 0.25) is 0 Å². The van der Waals surface area contributed by atoms with Crippen LogP contribution in [0.4, 0.5) is 5.82 Å². The number of carbonyl (C=O) groups excluding carboxylic acids is 2. The third kappa shape index (κ3) is 5.16. The zero-order valence-corrected chi connectivity index (χ0v) is 15.0. The second-order valence-corrected chi connectivity index (χ2v) is 6.61. The number of amides is 2. The molecule has 0 saturated carbocycles. The summed E-state index contributed by atoms with van der Waals surface area (Å²) in [6, 6.07) is 9.67. The highest BCUT2D eigenvalue weighted by atomic mass is 16.5. The molecule has 0 aliphatic carbocycles. The van der Waals surface area contributed by atoms with Crippen LogP contribution in [-0.4, -0.2) is 35.0 Å². The topological polar surface area (TPSA) is 87.5 Å². The van der Waals surface area contributed by atoms with Gasteiger partial charge in [0.15, 0.2) is 5.82 Å². The molecule has 2 aromatic rings. The zero-order chi connectivity index (χ0) is 18.4. The number of aryl methyl sites for hydroxylation is 1. The Morgan fingerprint density at radius 2 is 1.77 bits per heavy atom. The van der Waals surface area contributed by atoms with Crippen molar-refractivity contribution >= 4 is 17.6 Å². The Bertz CT molecular complexity index is 748. The molecule has 138 valence electrons. The van der Waals surface area contributed by atoms with Crippen molar-refractivity contribution in [3.05, 3.63) is 47.2 Å². The fourth-order valence-corrected chi connectivity index (χ4v) is 3.00. The Labute approximate surface area is 152 Å². The van der Waals surface area contributed by atoms with Crippen LogP contribution in [0.5, 0.6) is 0 Å². The van der Waals surface area contributed by atoms with Crippen LogP contribution in [0.1, 0.15) is 36.1 Å². The molecule has 2 heterocycles. The lowest BCUT2D eigenvalue weighted by molar-refractivity contribution is -0.136. The number of hydrogen-bond acceptors (Lipinski definition) is 5. The van der Waals surface area contributed by atoms with Gasteiger partial charge in [0.2, 0.25) is 0 Å². The Morgan fingerprint density at radius 1 is 1.08 bits per heavy atom. The van der Waals surface area contributed by atoms with Crippen LogP contribution in [0.25, 0.3) is 0 Å². The lowest BCUT2D eigenvalue weighted by Gasteiger charge is -2.26. The van der Waals surface area contributed by atoms with Crippen LogP contribution in [0.3, 0.4) is 0 Å². The summed E-state index contributed by atoms with van der Waals surface area (Å²) in [5, 5.41) is 8.62. The molecule has 2 N–H and O–H groups in total. The minimum atomic E-state index is -0.764. The summed E-state index contributed by atoms with van der Waals surface area (Å²) < 4.78 is 4.84. The Balaban J connectivity index is 1.44. The van der Waals surface area contributed by atoms with Crippen LogP contribution in [0.15, 0.2) is 34.9 Å². The smallest absolute Gasteiger partial charge is 0.314 e. The van der Waals surface area contributed by atoms with E-state index in [1.807, 2.05) is 12.1 Å². The highest BCUT2D eigenvalue weighted by Gasteiger charge is 2.15. The van der Waals surface area contributed by atoms with Gasteiger partial charge in [0.1, 0.15) is 5.76 Å². The molecule has 7 heteroatoms. The number of piperidine rings is 1. The number of carbonyl (C=O) groups is 2. The quantitative estimate of drug-likeness (QED) is 0.802. The molecule has 1 fully saturated rings. The maximum Gasteiger partial charge on any atom is 0.314 e. The van der Waals surface area contributed by atoms with Gasteiger partial charge in [-0.3, -0.25) is 19.8 Å². The first kappa shape index (κ1) is 18.1. The van der Waals surface area contributed by atoms with E-state index >= 15 is 0 Å². The van der Waals surface area contributed by atoms with Gasteiger partial charge in [-0.1, -0.05) is 35.8 Å². The number of anilines is 1. The summed E-state index contributed by atoms with van der Waals surface area (Å²) in [7, 11) is 0. The number of nitrogens with one attached hydrogen (secondary N) is 2. The van der Waals surface area contributed by atoms with E-state index in [9.17, 15) is 9.59 Å². The predicted molar refractivity (Wildman–Crippen MR) is 97.3 cm³/mol. The zero-order valence-electron chi connectivity index (χ0n) is 15.0. The van der Waals surface area contributed by atoms with Crippen molar-refractivity contribution in [3.63, 3.8) is 0 Å². The standard InChI is InChI=1S/C19H24N4O3/c1-14-11-17(22-26-14)21-19(25)18(24)20-12-15-5-7-16(8-6-15)13-23-9-3-2-4-10-23/h5-8,11H,2-4,9-10,12-13H2,1H3,(H,20,24)(H,21,22,25). The lowest BCUT2D eigenvalue weighted by Crippen LogP contribution is -2.35. The fourth-order valence-electron chi connectivity index (χ4n) is 3.00. The Hall–Kier alpha value is -2.67. The van der Waals surface area contributed by atoms with Gasteiger partial charge in [-0.05, 0) is 44.0 Å². The number of benzene rings is 1. The minimum Gasteiger partial charge on any atom is -0.360 e.